The van der Waals surface area contributed by atoms with Gasteiger partial charge in [-0.3, -0.25) is 0 Å². The van der Waals surface area contributed by atoms with Crippen molar-refractivity contribution in [3.05, 3.63) is 23.2 Å². The minimum atomic E-state index is 0.0330. The molecule has 0 radical (unpaired) electrons. The van der Waals surface area contributed by atoms with Crippen LogP contribution in [0.5, 0.6) is 0 Å². The third kappa shape index (κ3) is 2.24. The van der Waals surface area contributed by atoms with Gasteiger partial charge < -0.3 is 15.8 Å². The average molecular weight is 270 g/mol. The van der Waals surface area contributed by atoms with Crippen molar-refractivity contribution in [1.82, 2.24) is 4.98 Å². The number of halogens is 1. The summed E-state index contributed by atoms with van der Waals surface area (Å²) in [5.74, 6) is 0. The Bertz CT molecular complexity index is 544. The number of benzene rings is 1. The highest BCUT2D eigenvalue weighted by molar-refractivity contribution is 7.22. The van der Waals surface area contributed by atoms with Crippen LogP contribution < -0.4 is 11.1 Å². The molecule has 2 aromatic rings. The summed E-state index contributed by atoms with van der Waals surface area (Å²) in [6.07, 6.45) is 0. The van der Waals surface area contributed by atoms with E-state index < -0.39 is 0 Å². The highest BCUT2D eigenvalue weighted by atomic mass is 35.5. The molecule has 0 amide bonds. The fourth-order valence-electron chi connectivity index (χ4n) is 1.84. The van der Waals surface area contributed by atoms with Gasteiger partial charge in [0.15, 0.2) is 5.13 Å². The Hall–Kier alpha value is -0.880. The Morgan fingerprint density at radius 3 is 3.12 bits per heavy atom. The highest BCUT2D eigenvalue weighted by Gasteiger charge is 2.25. The van der Waals surface area contributed by atoms with Crippen LogP contribution in [0.1, 0.15) is 0 Å². The van der Waals surface area contributed by atoms with Crippen LogP contribution in [0.25, 0.3) is 10.2 Å². The summed E-state index contributed by atoms with van der Waals surface area (Å²) in [4.78, 5) is 4.49. The van der Waals surface area contributed by atoms with E-state index in [0.29, 0.717) is 13.2 Å². The number of hydrogen-bond acceptors (Lipinski definition) is 5. The van der Waals surface area contributed by atoms with Gasteiger partial charge in [0.1, 0.15) is 0 Å². The first kappa shape index (κ1) is 11.2. The molecule has 0 spiro atoms. The standard InChI is InChI=1S/C11H12ClN3OS/c12-6-1-2-8-10(3-6)17-11(14-8)15-9-5-16-4-7(9)13/h1-3,7,9H,4-5,13H2,(H,14,15)/t7-,9+/m1/s1. The lowest BCUT2D eigenvalue weighted by Gasteiger charge is -2.13. The molecular formula is C11H12ClN3OS. The Labute approximate surface area is 108 Å². The third-order valence-corrected chi connectivity index (χ3v) is 3.97. The molecule has 1 fully saturated rings. The summed E-state index contributed by atoms with van der Waals surface area (Å²) >= 11 is 7.52. The fraction of sp³-hybridized carbons (Fsp3) is 0.364. The zero-order valence-electron chi connectivity index (χ0n) is 9.02. The van der Waals surface area contributed by atoms with Crippen LogP contribution in [0.4, 0.5) is 5.13 Å². The van der Waals surface area contributed by atoms with E-state index in [-0.39, 0.29) is 12.1 Å². The van der Waals surface area contributed by atoms with Gasteiger partial charge in [-0.2, -0.15) is 0 Å². The number of nitrogens with zero attached hydrogens (tertiary/aromatic N) is 1. The second-order valence-electron chi connectivity index (χ2n) is 4.08. The molecule has 0 aliphatic carbocycles. The van der Waals surface area contributed by atoms with Crippen LogP contribution in [0.3, 0.4) is 0 Å². The van der Waals surface area contributed by atoms with E-state index in [9.17, 15) is 0 Å². The molecule has 0 unspecified atom stereocenters. The predicted molar refractivity (Wildman–Crippen MR) is 70.8 cm³/mol. The lowest BCUT2D eigenvalue weighted by Crippen LogP contribution is -2.38. The van der Waals surface area contributed by atoms with E-state index in [1.165, 1.54) is 0 Å². The van der Waals surface area contributed by atoms with Crippen LogP contribution in [0.2, 0.25) is 5.02 Å². The number of anilines is 1. The highest BCUT2D eigenvalue weighted by Crippen LogP contribution is 2.29. The summed E-state index contributed by atoms with van der Waals surface area (Å²) in [5.41, 5.74) is 6.87. The number of ether oxygens (including phenoxy) is 1. The van der Waals surface area contributed by atoms with Gasteiger partial charge in [-0.1, -0.05) is 22.9 Å². The third-order valence-electron chi connectivity index (χ3n) is 2.78. The molecule has 1 aliphatic rings. The van der Waals surface area contributed by atoms with Gasteiger partial charge in [0.05, 0.1) is 35.5 Å². The molecule has 1 aromatic heterocycles. The molecular weight excluding hydrogens is 258 g/mol. The first-order valence-corrected chi connectivity index (χ1v) is 6.58. The number of fused-ring (bicyclic) bond motifs is 1. The average Bonchev–Trinajstić information content (AvgIpc) is 2.85. The number of thiazole rings is 1. The molecule has 0 bridgehead atoms. The normalized spacial score (nSPS) is 24.4. The summed E-state index contributed by atoms with van der Waals surface area (Å²) in [6.45, 7) is 1.24. The fourth-order valence-corrected chi connectivity index (χ4v) is 3.04. The molecule has 6 heteroatoms. The Balaban J connectivity index is 1.85. The lowest BCUT2D eigenvalue weighted by atomic mass is 10.2. The second kappa shape index (κ2) is 4.42. The van der Waals surface area contributed by atoms with Crippen molar-refractivity contribution in [3.8, 4) is 0 Å². The quantitative estimate of drug-likeness (QED) is 0.876. The van der Waals surface area contributed by atoms with Gasteiger partial charge in [0, 0.05) is 5.02 Å². The van der Waals surface area contributed by atoms with Crippen molar-refractivity contribution in [2.75, 3.05) is 18.5 Å². The minimum Gasteiger partial charge on any atom is -0.378 e. The maximum absolute atomic E-state index is 5.94. The van der Waals surface area contributed by atoms with Gasteiger partial charge in [0.25, 0.3) is 0 Å². The van der Waals surface area contributed by atoms with Crippen LogP contribution in [-0.4, -0.2) is 30.3 Å². The number of hydrogen-bond donors (Lipinski definition) is 2. The topological polar surface area (TPSA) is 60.2 Å². The van der Waals surface area contributed by atoms with Crippen molar-refractivity contribution < 1.29 is 4.74 Å². The van der Waals surface area contributed by atoms with Gasteiger partial charge >= 0.3 is 0 Å². The number of aromatic nitrogens is 1. The molecule has 1 saturated heterocycles. The van der Waals surface area contributed by atoms with Gasteiger partial charge in [-0.25, -0.2) is 4.98 Å². The molecule has 4 nitrogen and oxygen atoms in total. The maximum atomic E-state index is 5.94. The molecule has 90 valence electrons. The zero-order valence-corrected chi connectivity index (χ0v) is 10.6. The van der Waals surface area contributed by atoms with Crippen LogP contribution >= 0.6 is 22.9 Å². The molecule has 2 atom stereocenters. The zero-order chi connectivity index (χ0) is 11.8. The molecule has 17 heavy (non-hydrogen) atoms. The van der Waals surface area contributed by atoms with E-state index in [2.05, 4.69) is 10.3 Å². The van der Waals surface area contributed by atoms with Crippen LogP contribution in [-0.2, 0) is 4.74 Å². The van der Waals surface area contributed by atoms with Crippen molar-refractivity contribution in [2.24, 2.45) is 5.73 Å². The summed E-state index contributed by atoms with van der Waals surface area (Å²) in [7, 11) is 0. The van der Waals surface area contributed by atoms with Crippen molar-refractivity contribution in [3.63, 3.8) is 0 Å². The predicted octanol–water partition coefficient (Wildman–Crippen LogP) is 2.09. The van der Waals surface area contributed by atoms with E-state index in [0.717, 1.165) is 20.4 Å². The Morgan fingerprint density at radius 1 is 1.47 bits per heavy atom. The monoisotopic (exact) mass is 269 g/mol. The van der Waals surface area contributed by atoms with E-state index >= 15 is 0 Å². The largest absolute Gasteiger partial charge is 0.378 e. The maximum Gasteiger partial charge on any atom is 0.184 e. The number of rotatable bonds is 2. The first-order valence-electron chi connectivity index (χ1n) is 5.38. The summed E-state index contributed by atoms with van der Waals surface area (Å²) < 4.78 is 6.38. The van der Waals surface area contributed by atoms with Crippen LogP contribution in [0.15, 0.2) is 18.2 Å². The second-order valence-corrected chi connectivity index (χ2v) is 5.55. The van der Waals surface area contributed by atoms with Gasteiger partial charge in [0.2, 0.25) is 0 Å². The van der Waals surface area contributed by atoms with Crippen LogP contribution in [0, 0.1) is 0 Å². The summed E-state index contributed by atoms with van der Waals surface area (Å²) in [5, 5.41) is 4.91. The molecule has 1 aromatic carbocycles. The van der Waals surface area contributed by atoms with Crippen molar-refractivity contribution in [1.29, 1.82) is 0 Å². The van der Waals surface area contributed by atoms with Gasteiger partial charge in [-0.05, 0) is 18.2 Å². The summed E-state index contributed by atoms with van der Waals surface area (Å²) in [6, 6.07) is 5.86. The SMILES string of the molecule is N[C@@H]1COC[C@@H]1Nc1nc2ccc(Cl)cc2s1. The Morgan fingerprint density at radius 2 is 2.35 bits per heavy atom. The van der Waals surface area contributed by atoms with Crippen molar-refractivity contribution in [2.45, 2.75) is 12.1 Å². The van der Waals surface area contributed by atoms with E-state index in [4.69, 9.17) is 22.1 Å². The molecule has 0 saturated carbocycles. The van der Waals surface area contributed by atoms with E-state index in [1.807, 2.05) is 18.2 Å². The molecule has 1 aliphatic heterocycles. The molecule has 2 heterocycles. The van der Waals surface area contributed by atoms with Gasteiger partial charge in [-0.15, -0.1) is 0 Å². The van der Waals surface area contributed by atoms with E-state index in [1.54, 1.807) is 11.3 Å². The number of nitrogens with two attached hydrogens (primary N) is 1. The Kier molecular flexibility index (Phi) is 2.92. The smallest absolute Gasteiger partial charge is 0.184 e. The number of nitrogens with one attached hydrogen (secondary N) is 1. The minimum absolute atomic E-state index is 0.0330. The first-order chi connectivity index (χ1) is 8.22. The lowest BCUT2D eigenvalue weighted by molar-refractivity contribution is 0.192. The molecule has 3 N–H and O–H groups in total. The molecule has 3 rings (SSSR count). The van der Waals surface area contributed by atoms with Crippen molar-refractivity contribution >= 4 is 38.3 Å².